The second kappa shape index (κ2) is 10.5. The third-order valence-electron chi connectivity index (χ3n) is 4.03. The van der Waals surface area contributed by atoms with Gasteiger partial charge in [0.25, 0.3) is 5.91 Å². The van der Waals surface area contributed by atoms with E-state index in [1.807, 2.05) is 0 Å². The minimum Gasteiger partial charge on any atom is -0.469 e. The van der Waals surface area contributed by atoms with Crippen LogP contribution in [0.3, 0.4) is 0 Å². The number of hydrogen-bond donors (Lipinski definition) is 2. The predicted molar refractivity (Wildman–Crippen MR) is 102 cm³/mol. The van der Waals surface area contributed by atoms with Crippen molar-refractivity contribution in [3.05, 3.63) is 70.2 Å². The average molecular weight is 425 g/mol. The Balaban J connectivity index is 1.95. The Morgan fingerprint density at radius 2 is 1.86 bits per heavy atom. The summed E-state index contributed by atoms with van der Waals surface area (Å²) >= 11 is 6.15. The van der Waals surface area contributed by atoms with E-state index < -0.39 is 35.5 Å². The summed E-state index contributed by atoms with van der Waals surface area (Å²) < 4.78 is 31.2. The lowest BCUT2D eigenvalue weighted by Crippen LogP contribution is -2.34. The monoisotopic (exact) mass is 424 g/mol. The lowest BCUT2D eigenvalue weighted by Gasteiger charge is -2.19. The highest BCUT2D eigenvalue weighted by atomic mass is 35.5. The third-order valence-corrected chi connectivity index (χ3v) is 4.37. The Hall–Kier alpha value is -3.00. The van der Waals surface area contributed by atoms with Gasteiger partial charge in [-0.1, -0.05) is 29.8 Å². The van der Waals surface area contributed by atoms with Crippen LogP contribution in [-0.4, -0.2) is 31.4 Å². The molecule has 0 heterocycles. The molecule has 29 heavy (non-hydrogen) atoms. The summed E-state index contributed by atoms with van der Waals surface area (Å²) in [7, 11) is 1.23. The van der Waals surface area contributed by atoms with Gasteiger partial charge >= 0.3 is 5.97 Å². The van der Waals surface area contributed by atoms with Gasteiger partial charge in [-0.3, -0.25) is 14.4 Å². The zero-order valence-electron chi connectivity index (χ0n) is 15.5. The van der Waals surface area contributed by atoms with Gasteiger partial charge in [0.15, 0.2) is 0 Å². The van der Waals surface area contributed by atoms with Crippen molar-refractivity contribution in [2.24, 2.45) is 0 Å². The number of carbonyl (C=O) groups is 3. The van der Waals surface area contributed by atoms with E-state index >= 15 is 0 Å². The highest BCUT2D eigenvalue weighted by molar-refractivity contribution is 6.31. The highest BCUT2D eigenvalue weighted by Gasteiger charge is 2.21. The molecule has 154 valence electrons. The number of amides is 2. The minimum absolute atomic E-state index is 0.0883. The van der Waals surface area contributed by atoms with Crippen LogP contribution in [0.1, 0.15) is 34.8 Å². The number of methoxy groups -OCH3 is 1. The molecule has 2 rings (SSSR count). The van der Waals surface area contributed by atoms with Gasteiger partial charge in [-0.2, -0.15) is 0 Å². The van der Waals surface area contributed by atoms with Gasteiger partial charge in [0, 0.05) is 24.1 Å². The molecule has 0 aliphatic carbocycles. The second-order valence-electron chi connectivity index (χ2n) is 6.05. The van der Waals surface area contributed by atoms with Gasteiger partial charge in [-0.15, -0.1) is 0 Å². The number of halogens is 3. The number of ether oxygens (including phenoxy) is 1. The Labute approximate surface area is 171 Å². The first-order valence-electron chi connectivity index (χ1n) is 8.65. The molecule has 6 nitrogen and oxygen atoms in total. The van der Waals surface area contributed by atoms with E-state index in [1.54, 1.807) is 24.3 Å². The zero-order chi connectivity index (χ0) is 21.4. The summed E-state index contributed by atoms with van der Waals surface area (Å²) in [5, 5.41) is 5.44. The molecule has 2 N–H and O–H groups in total. The van der Waals surface area contributed by atoms with Crippen molar-refractivity contribution in [1.82, 2.24) is 10.6 Å². The molecule has 0 aliphatic rings. The molecule has 0 saturated heterocycles. The van der Waals surface area contributed by atoms with E-state index in [9.17, 15) is 23.2 Å². The minimum atomic E-state index is -0.996. The van der Waals surface area contributed by atoms with Crippen LogP contribution >= 0.6 is 11.6 Å². The fraction of sp³-hybridized carbons (Fsp3) is 0.250. The molecular formula is C20H19ClF2N2O4. The van der Waals surface area contributed by atoms with Gasteiger partial charge in [0.2, 0.25) is 5.91 Å². The van der Waals surface area contributed by atoms with E-state index in [0.29, 0.717) is 16.7 Å². The Kier molecular flexibility index (Phi) is 8.09. The summed E-state index contributed by atoms with van der Waals surface area (Å²) in [6.45, 7) is -0.0883. The van der Waals surface area contributed by atoms with Crippen LogP contribution in [-0.2, 0) is 14.3 Å². The summed E-state index contributed by atoms with van der Waals surface area (Å²) in [5.74, 6) is -3.56. The van der Waals surface area contributed by atoms with Gasteiger partial charge in [0.05, 0.1) is 25.1 Å². The van der Waals surface area contributed by atoms with Crippen molar-refractivity contribution in [3.63, 3.8) is 0 Å². The van der Waals surface area contributed by atoms with E-state index in [-0.39, 0.29) is 24.9 Å². The van der Waals surface area contributed by atoms with Crippen molar-refractivity contribution in [1.29, 1.82) is 0 Å². The first kappa shape index (κ1) is 22.3. The molecule has 0 fully saturated rings. The highest BCUT2D eigenvalue weighted by Crippen LogP contribution is 2.25. The summed E-state index contributed by atoms with van der Waals surface area (Å²) in [6, 6.07) is 8.61. The first-order valence-corrected chi connectivity index (χ1v) is 9.03. The summed E-state index contributed by atoms with van der Waals surface area (Å²) in [5.41, 5.74) is 0.219. The third kappa shape index (κ3) is 6.53. The van der Waals surface area contributed by atoms with Crippen molar-refractivity contribution in [3.8, 4) is 0 Å². The number of rotatable bonds is 8. The number of carbonyl (C=O) groups excluding carboxylic acids is 3. The fourth-order valence-corrected chi connectivity index (χ4v) is 2.84. The maximum Gasteiger partial charge on any atom is 0.307 e. The molecule has 2 aromatic rings. The SMILES string of the molecule is COC(=O)CC(NC(=O)CCNC(=O)c1ccc(F)cc1F)c1ccccc1Cl. The summed E-state index contributed by atoms with van der Waals surface area (Å²) in [4.78, 5) is 35.9. The molecule has 2 aromatic carbocycles. The van der Waals surface area contributed by atoms with E-state index in [2.05, 4.69) is 15.4 Å². The average Bonchev–Trinajstić information content (AvgIpc) is 2.67. The Morgan fingerprint density at radius 3 is 2.52 bits per heavy atom. The molecule has 0 saturated carbocycles. The number of benzene rings is 2. The van der Waals surface area contributed by atoms with Crippen molar-refractivity contribution >= 4 is 29.4 Å². The maximum atomic E-state index is 13.6. The van der Waals surface area contributed by atoms with Crippen molar-refractivity contribution in [2.75, 3.05) is 13.7 Å². The smallest absolute Gasteiger partial charge is 0.307 e. The molecule has 0 bridgehead atoms. The number of esters is 1. The number of nitrogens with one attached hydrogen (secondary N) is 2. The van der Waals surface area contributed by atoms with E-state index in [1.165, 1.54) is 7.11 Å². The zero-order valence-corrected chi connectivity index (χ0v) is 16.3. The van der Waals surface area contributed by atoms with Crippen LogP contribution in [0.15, 0.2) is 42.5 Å². The lowest BCUT2D eigenvalue weighted by atomic mass is 10.0. The molecule has 0 radical (unpaired) electrons. The lowest BCUT2D eigenvalue weighted by molar-refractivity contribution is -0.141. The molecule has 2 amide bonds. The quantitative estimate of drug-likeness (QED) is 0.637. The fourth-order valence-electron chi connectivity index (χ4n) is 2.57. The largest absolute Gasteiger partial charge is 0.469 e. The van der Waals surface area contributed by atoms with Crippen LogP contribution in [0.2, 0.25) is 5.02 Å². The van der Waals surface area contributed by atoms with E-state index in [4.69, 9.17) is 11.6 Å². The summed E-state index contributed by atoms with van der Waals surface area (Å²) in [6.07, 6.45) is -0.254. The maximum absolute atomic E-state index is 13.6. The molecule has 0 spiro atoms. The van der Waals surface area contributed by atoms with Crippen molar-refractivity contribution in [2.45, 2.75) is 18.9 Å². The topological polar surface area (TPSA) is 84.5 Å². The van der Waals surface area contributed by atoms with Crippen LogP contribution in [0, 0.1) is 11.6 Å². The first-order chi connectivity index (χ1) is 13.8. The van der Waals surface area contributed by atoms with Gasteiger partial charge in [-0.25, -0.2) is 8.78 Å². The van der Waals surface area contributed by atoms with Crippen molar-refractivity contribution < 1.29 is 27.9 Å². The molecule has 1 atom stereocenters. The van der Waals surface area contributed by atoms with Gasteiger partial charge in [0.1, 0.15) is 11.6 Å². The van der Waals surface area contributed by atoms with Crippen LogP contribution < -0.4 is 10.6 Å². The molecule has 1 unspecified atom stereocenters. The number of hydrogen-bond acceptors (Lipinski definition) is 4. The standard InChI is InChI=1S/C20H19ClF2N2O4/c1-29-19(27)11-17(13-4-2-3-5-15(13)21)25-18(26)8-9-24-20(28)14-7-6-12(22)10-16(14)23/h2-7,10,17H,8-9,11H2,1H3,(H,24,28)(H,25,26). The van der Waals surface area contributed by atoms with Crippen LogP contribution in [0.4, 0.5) is 8.78 Å². The van der Waals surface area contributed by atoms with Gasteiger partial charge in [-0.05, 0) is 23.8 Å². The molecule has 0 aromatic heterocycles. The second-order valence-corrected chi connectivity index (χ2v) is 6.46. The molecule has 0 aliphatic heterocycles. The predicted octanol–water partition coefficient (Wildman–Crippen LogP) is 3.16. The molecule has 9 heteroatoms. The van der Waals surface area contributed by atoms with Crippen LogP contribution in [0.5, 0.6) is 0 Å². The normalized spacial score (nSPS) is 11.4. The Bertz CT molecular complexity index is 908. The Morgan fingerprint density at radius 1 is 1.14 bits per heavy atom. The van der Waals surface area contributed by atoms with Crippen LogP contribution in [0.25, 0.3) is 0 Å². The molecular weight excluding hydrogens is 406 g/mol. The van der Waals surface area contributed by atoms with Gasteiger partial charge < -0.3 is 15.4 Å². The van der Waals surface area contributed by atoms with E-state index in [0.717, 1.165) is 12.1 Å².